The molecule has 0 saturated carbocycles. The monoisotopic (exact) mass is 388 g/mol. The van der Waals surface area contributed by atoms with Crippen molar-refractivity contribution in [3.8, 4) is 21.8 Å². The van der Waals surface area contributed by atoms with E-state index in [0.717, 1.165) is 20.8 Å². The quantitative estimate of drug-likeness (QED) is 0.450. The summed E-state index contributed by atoms with van der Waals surface area (Å²) in [7, 11) is 0. The third-order valence-corrected chi connectivity index (χ3v) is 5.93. The van der Waals surface area contributed by atoms with Crippen molar-refractivity contribution in [2.45, 2.75) is 10.2 Å². The Morgan fingerprint density at radius 3 is 2.63 bits per heavy atom. The van der Waals surface area contributed by atoms with Gasteiger partial charge in [0, 0.05) is 28.2 Å². The van der Waals surface area contributed by atoms with Gasteiger partial charge in [-0.15, -0.1) is 16.4 Å². The van der Waals surface area contributed by atoms with Crippen LogP contribution in [0.4, 0.5) is 0 Å². The van der Waals surface area contributed by atoms with Gasteiger partial charge < -0.3 is 0 Å². The smallest absolute Gasteiger partial charge is 0.215 e. The summed E-state index contributed by atoms with van der Waals surface area (Å²) >= 11 is 3.08. The van der Waals surface area contributed by atoms with E-state index in [9.17, 15) is 0 Å². The highest BCUT2D eigenvalue weighted by Crippen LogP contribution is 2.37. The standard InChI is InChI=1S/C19H12N6S2/c1-2-4-12(5-3-1)15-10-14-17(26-15)21-11-22-18(14)27-19-23-16(24-25-19)13-6-8-20-9-7-13/h1-11H,(H,23,24,25). The number of thiophene rings is 1. The van der Waals surface area contributed by atoms with Crippen molar-refractivity contribution in [3.05, 3.63) is 67.3 Å². The summed E-state index contributed by atoms with van der Waals surface area (Å²) in [6.07, 6.45) is 5.05. The van der Waals surface area contributed by atoms with Crippen LogP contribution in [0.5, 0.6) is 0 Å². The number of rotatable bonds is 4. The molecule has 0 aliphatic heterocycles. The van der Waals surface area contributed by atoms with E-state index in [2.05, 4.69) is 48.3 Å². The van der Waals surface area contributed by atoms with E-state index in [1.54, 1.807) is 30.1 Å². The van der Waals surface area contributed by atoms with E-state index in [0.29, 0.717) is 11.0 Å². The molecule has 5 rings (SSSR count). The van der Waals surface area contributed by atoms with Crippen molar-refractivity contribution in [1.82, 2.24) is 30.1 Å². The molecule has 4 aromatic heterocycles. The number of aromatic amines is 1. The highest BCUT2D eigenvalue weighted by molar-refractivity contribution is 7.99. The van der Waals surface area contributed by atoms with Crippen LogP contribution in [0.1, 0.15) is 0 Å². The summed E-state index contributed by atoms with van der Waals surface area (Å²) in [4.78, 5) is 19.6. The van der Waals surface area contributed by atoms with Crippen LogP contribution in [0, 0.1) is 0 Å². The number of hydrogen-bond donors (Lipinski definition) is 1. The predicted octanol–water partition coefficient (Wildman–Crippen LogP) is 4.69. The Morgan fingerprint density at radius 1 is 0.926 bits per heavy atom. The lowest BCUT2D eigenvalue weighted by molar-refractivity contribution is 0.968. The number of aromatic nitrogens is 6. The number of hydrogen-bond acceptors (Lipinski definition) is 7. The van der Waals surface area contributed by atoms with Crippen molar-refractivity contribution in [3.63, 3.8) is 0 Å². The summed E-state index contributed by atoms with van der Waals surface area (Å²) in [5.41, 5.74) is 2.12. The molecular weight excluding hydrogens is 376 g/mol. The second-order valence-electron chi connectivity index (χ2n) is 5.68. The second-order valence-corrected chi connectivity index (χ2v) is 7.67. The van der Waals surface area contributed by atoms with E-state index in [-0.39, 0.29) is 0 Å². The minimum Gasteiger partial charge on any atom is -0.265 e. The molecule has 0 aliphatic rings. The molecule has 8 heteroatoms. The second kappa shape index (κ2) is 6.90. The van der Waals surface area contributed by atoms with Gasteiger partial charge in [0.2, 0.25) is 5.16 Å². The Bertz CT molecular complexity index is 1200. The molecule has 0 unspecified atom stereocenters. The third kappa shape index (κ3) is 3.20. The topological polar surface area (TPSA) is 80.2 Å². The average Bonchev–Trinajstić information content (AvgIpc) is 3.37. The van der Waals surface area contributed by atoms with Crippen LogP contribution in [-0.2, 0) is 0 Å². The number of nitrogens with zero attached hydrogens (tertiary/aromatic N) is 5. The molecule has 0 amide bonds. The highest BCUT2D eigenvalue weighted by atomic mass is 32.2. The number of fused-ring (bicyclic) bond motifs is 1. The van der Waals surface area contributed by atoms with E-state index in [4.69, 9.17) is 0 Å². The fourth-order valence-electron chi connectivity index (χ4n) is 2.68. The summed E-state index contributed by atoms with van der Waals surface area (Å²) in [6, 6.07) is 16.2. The zero-order chi connectivity index (χ0) is 18.1. The molecule has 0 bridgehead atoms. The van der Waals surface area contributed by atoms with Gasteiger partial charge in [-0.1, -0.05) is 30.3 Å². The van der Waals surface area contributed by atoms with Gasteiger partial charge in [-0.05, 0) is 35.5 Å². The van der Waals surface area contributed by atoms with Gasteiger partial charge in [0.1, 0.15) is 16.2 Å². The Hall–Kier alpha value is -3.10. The Kier molecular flexibility index (Phi) is 4.11. The van der Waals surface area contributed by atoms with E-state index in [1.807, 2.05) is 30.3 Å². The SMILES string of the molecule is c1ccc(-c2cc3c(Sc4n[nH]c(-c5ccncc5)n4)ncnc3s2)cc1. The first-order valence-electron chi connectivity index (χ1n) is 8.17. The number of pyridine rings is 1. The Morgan fingerprint density at radius 2 is 1.78 bits per heavy atom. The summed E-state index contributed by atoms with van der Waals surface area (Å²) in [5, 5.41) is 9.76. The van der Waals surface area contributed by atoms with E-state index in [1.165, 1.54) is 22.2 Å². The van der Waals surface area contributed by atoms with Crippen LogP contribution < -0.4 is 0 Å². The molecule has 0 saturated heterocycles. The van der Waals surface area contributed by atoms with Crippen molar-refractivity contribution >= 4 is 33.3 Å². The highest BCUT2D eigenvalue weighted by Gasteiger charge is 2.14. The minimum absolute atomic E-state index is 0.620. The van der Waals surface area contributed by atoms with Gasteiger partial charge in [-0.25, -0.2) is 15.0 Å². The van der Waals surface area contributed by atoms with Crippen molar-refractivity contribution in [2.24, 2.45) is 0 Å². The zero-order valence-electron chi connectivity index (χ0n) is 13.9. The first kappa shape index (κ1) is 16.1. The molecule has 1 N–H and O–H groups in total. The van der Waals surface area contributed by atoms with Crippen molar-refractivity contribution < 1.29 is 0 Å². The van der Waals surface area contributed by atoms with Crippen LogP contribution in [0.15, 0.2) is 77.4 Å². The Labute approximate surface area is 162 Å². The largest absolute Gasteiger partial charge is 0.265 e. The summed E-state index contributed by atoms with van der Waals surface area (Å²) in [6.45, 7) is 0. The van der Waals surface area contributed by atoms with Gasteiger partial charge in [-0.2, -0.15) is 0 Å². The first-order valence-corrected chi connectivity index (χ1v) is 9.81. The van der Waals surface area contributed by atoms with Crippen LogP contribution >= 0.6 is 23.1 Å². The number of nitrogens with one attached hydrogen (secondary N) is 1. The Balaban J connectivity index is 1.49. The molecule has 0 spiro atoms. The lowest BCUT2D eigenvalue weighted by Gasteiger charge is -1.97. The third-order valence-electron chi connectivity index (χ3n) is 3.96. The molecule has 5 aromatic rings. The maximum atomic E-state index is 4.56. The molecule has 1 aromatic carbocycles. The molecule has 6 nitrogen and oxygen atoms in total. The molecule has 27 heavy (non-hydrogen) atoms. The van der Waals surface area contributed by atoms with Gasteiger partial charge >= 0.3 is 0 Å². The molecule has 4 heterocycles. The zero-order valence-corrected chi connectivity index (χ0v) is 15.5. The lowest BCUT2D eigenvalue weighted by atomic mass is 10.2. The maximum Gasteiger partial charge on any atom is 0.215 e. The minimum atomic E-state index is 0.620. The molecular formula is C19H12N6S2. The number of benzene rings is 1. The molecule has 130 valence electrons. The van der Waals surface area contributed by atoms with Crippen LogP contribution in [0.2, 0.25) is 0 Å². The number of H-pyrrole nitrogens is 1. The van der Waals surface area contributed by atoms with Gasteiger partial charge in [0.25, 0.3) is 0 Å². The fourth-order valence-corrected chi connectivity index (χ4v) is 4.51. The van der Waals surface area contributed by atoms with Gasteiger partial charge in [-0.3, -0.25) is 10.1 Å². The summed E-state index contributed by atoms with van der Waals surface area (Å²) in [5.74, 6) is 0.709. The maximum absolute atomic E-state index is 4.56. The average molecular weight is 388 g/mol. The van der Waals surface area contributed by atoms with Crippen molar-refractivity contribution in [1.29, 1.82) is 0 Å². The van der Waals surface area contributed by atoms with Crippen LogP contribution in [0.3, 0.4) is 0 Å². The van der Waals surface area contributed by atoms with Crippen LogP contribution in [-0.4, -0.2) is 30.1 Å². The molecule has 0 fully saturated rings. The molecule has 0 aliphatic carbocycles. The predicted molar refractivity (Wildman–Crippen MR) is 107 cm³/mol. The lowest BCUT2D eigenvalue weighted by Crippen LogP contribution is -1.84. The fraction of sp³-hybridized carbons (Fsp3) is 0. The van der Waals surface area contributed by atoms with Crippen LogP contribution in [0.25, 0.3) is 32.0 Å². The summed E-state index contributed by atoms with van der Waals surface area (Å²) < 4.78 is 0. The van der Waals surface area contributed by atoms with E-state index < -0.39 is 0 Å². The normalized spacial score (nSPS) is 11.1. The molecule has 0 atom stereocenters. The van der Waals surface area contributed by atoms with Gasteiger partial charge in [0.15, 0.2) is 5.82 Å². The van der Waals surface area contributed by atoms with E-state index >= 15 is 0 Å². The first-order chi connectivity index (χ1) is 13.4. The molecule has 0 radical (unpaired) electrons. The van der Waals surface area contributed by atoms with Gasteiger partial charge in [0.05, 0.1) is 0 Å². The van der Waals surface area contributed by atoms with Crippen molar-refractivity contribution in [2.75, 3.05) is 0 Å².